The minimum absolute atomic E-state index is 0.00341. The number of hydrogen-bond donors (Lipinski definition) is 0. The average Bonchev–Trinajstić information content (AvgIpc) is 4.16. The van der Waals surface area contributed by atoms with E-state index < -0.39 is 11.2 Å². The van der Waals surface area contributed by atoms with E-state index in [0.29, 0.717) is 0 Å². The van der Waals surface area contributed by atoms with Crippen molar-refractivity contribution < 1.29 is 9.47 Å². The molecule has 0 saturated carbocycles. The van der Waals surface area contributed by atoms with Crippen molar-refractivity contribution in [2.24, 2.45) is 0 Å². The molecule has 290 valence electrons. The zero-order valence-corrected chi connectivity index (χ0v) is 36.0. The van der Waals surface area contributed by atoms with Gasteiger partial charge in [0, 0.05) is 33.4 Å². The number of ether oxygens (including phenoxy) is 2. The fourth-order valence-corrected chi connectivity index (χ4v) is 24.2. The van der Waals surface area contributed by atoms with Gasteiger partial charge in [0.1, 0.15) is 11.2 Å². The molecular weight excluding hydrogens is 825 g/mol. The van der Waals surface area contributed by atoms with Crippen molar-refractivity contribution in [3.05, 3.63) is 33.4 Å². The fraction of sp³-hybridized carbons (Fsp3) is 0.121. The SMILES string of the molecule is CC(C)O[C@]12c3c4c5c6c7c8c9c%10c(c1c1c%11c2c2c%12c3c5c3c5c%12c%12c2c2c%11c%11c%13c1c%10c1c%10c9c9c7c7c6c3c3c5c5c%12c6c2c%11c2c(c%131)c1c%10c9c9c7c3c3c9c1c2c6c53)[C@@]48OC(C)C. The lowest BCUT2D eigenvalue weighted by molar-refractivity contribution is -0.0551. The van der Waals surface area contributed by atoms with Gasteiger partial charge in [0.2, 0.25) is 0 Å². The summed E-state index contributed by atoms with van der Waals surface area (Å²) in [6.45, 7) is 9.39. The van der Waals surface area contributed by atoms with Gasteiger partial charge in [-0.3, -0.25) is 0 Å². The summed E-state index contributed by atoms with van der Waals surface area (Å²) in [6, 6.07) is 0. The molecule has 27 aromatic carbocycles. The summed E-state index contributed by atoms with van der Waals surface area (Å²) in [5, 5.41) is 83.2. The predicted molar refractivity (Wildman–Crippen MR) is 285 cm³/mol. The Morgan fingerprint density at radius 3 is 0.426 bits per heavy atom. The Hall–Kier alpha value is -7.62. The van der Waals surface area contributed by atoms with Crippen molar-refractivity contribution in [1.29, 1.82) is 0 Å². The van der Waals surface area contributed by atoms with Crippen molar-refractivity contribution in [3.8, 4) is 0 Å². The van der Waals surface area contributed by atoms with E-state index in [-0.39, 0.29) is 12.2 Å². The number of benzene rings is 17. The minimum Gasteiger partial charge on any atom is -0.358 e. The summed E-state index contributed by atoms with van der Waals surface area (Å²) >= 11 is 0. The third-order valence-corrected chi connectivity index (χ3v) is 23.9. The van der Waals surface area contributed by atoms with Gasteiger partial charge in [-0.15, -0.1) is 0 Å². The van der Waals surface area contributed by atoms with Crippen LogP contribution in [-0.2, 0) is 20.7 Å². The molecule has 0 radical (unpaired) electrons. The second-order valence-corrected chi connectivity index (χ2v) is 25.4. The first-order chi connectivity index (χ1) is 33.6. The molecule has 2 heteroatoms. The predicted octanol–water partition coefficient (Wildman–Crippen LogP) is 17.7. The minimum atomic E-state index is -0.750. The van der Waals surface area contributed by atoms with Crippen LogP contribution in [0.15, 0.2) is 0 Å². The molecule has 0 aromatic heterocycles. The first-order valence-corrected chi connectivity index (χ1v) is 25.7. The van der Waals surface area contributed by atoms with Crippen LogP contribution < -0.4 is 0 Å². The van der Waals surface area contributed by atoms with Crippen molar-refractivity contribution >= 4 is 280 Å². The molecular formula is C66H14O2. The van der Waals surface area contributed by atoms with Crippen LogP contribution in [0.3, 0.4) is 0 Å². The zero-order valence-electron chi connectivity index (χ0n) is 36.0. The lowest BCUT2D eigenvalue weighted by atomic mass is 9.63. The molecule has 0 aliphatic heterocycles. The molecule has 0 saturated heterocycles. The van der Waals surface area contributed by atoms with E-state index in [2.05, 4.69) is 27.7 Å². The molecule has 2 nitrogen and oxygen atoms in total. The fourth-order valence-electron chi connectivity index (χ4n) is 24.2. The van der Waals surface area contributed by atoms with Crippen molar-refractivity contribution in [3.63, 3.8) is 0 Å². The molecule has 0 spiro atoms. The normalized spacial score (nSPS) is 22.3. The number of rotatable bonds is 4. The van der Waals surface area contributed by atoms with E-state index in [1.165, 1.54) is 33.4 Å². The Labute approximate surface area is 372 Å². The quantitative estimate of drug-likeness (QED) is 0.164. The largest absolute Gasteiger partial charge is 0.358 e. The smallest absolute Gasteiger partial charge is 0.147 e. The monoisotopic (exact) mass is 838 g/mol. The van der Waals surface area contributed by atoms with Crippen LogP contribution in [0.2, 0.25) is 0 Å². The van der Waals surface area contributed by atoms with Crippen molar-refractivity contribution in [2.75, 3.05) is 0 Å². The topological polar surface area (TPSA) is 18.5 Å². The number of hydrogen-bond acceptors (Lipinski definition) is 2. The zero-order chi connectivity index (χ0) is 41.1. The summed E-state index contributed by atoms with van der Waals surface area (Å²) in [5.41, 5.74) is 7.50. The maximum atomic E-state index is 8.35. The molecule has 68 heavy (non-hydrogen) atoms. The first-order valence-electron chi connectivity index (χ1n) is 25.7. The van der Waals surface area contributed by atoms with Crippen LogP contribution in [0.5, 0.6) is 0 Å². The van der Waals surface area contributed by atoms with E-state index in [0.717, 1.165) is 0 Å². The summed E-state index contributed by atoms with van der Waals surface area (Å²) in [4.78, 5) is 0. The van der Waals surface area contributed by atoms with Crippen LogP contribution >= 0.6 is 0 Å². The van der Waals surface area contributed by atoms with Gasteiger partial charge < -0.3 is 9.47 Å². The van der Waals surface area contributed by atoms with Gasteiger partial charge in [-0.1, -0.05) is 0 Å². The van der Waals surface area contributed by atoms with Crippen LogP contribution in [0.1, 0.15) is 61.1 Å². The van der Waals surface area contributed by atoms with Gasteiger partial charge in [-0.05, 0) is 308 Å². The summed E-state index contributed by atoms with van der Waals surface area (Å²) in [5.74, 6) is 0. The molecule has 2 atom stereocenters. The summed E-state index contributed by atoms with van der Waals surface area (Å²) in [7, 11) is 0. The summed E-state index contributed by atoms with van der Waals surface area (Å²) in [6.07, 6.45) is 0.00681. The Balaban J connectivity index is 1.24. The van der Waals surface area contributed by atoms with Crippen LogP contribution in [0.25, 0.3) is 280 Å². The highest BCUT2D eigenvalue weighted by molar-refractivity contribution is 6.81. The highest BCUT2D eigenvalue weighted by Gasteiger charge is 2.68. The molecule has 5 aliphatic carbocycles. The Bertz CT molecular complexity index is 6720. The lowest BCUT2D eigenvalue weighted by Gasteiger charge is -2.49. The van der Waals surface area contributed by atoms with E-state index in [1.807, 2.05) is 0 Å². The van der Waals surface area contributed by atoms with Gasteiger partial charge in [0.25, 0.3) is 0 Å². The maximum Gasteiger partial charge on any atom is 0.147 e. The van der Waals surface area contributed by atoms with Crippen LogP contribution in [0, 0.1) is 0 Å². The highest BCUT2D eigenvalue weighted by Crippen LogP contribution is 2.84. The summed E-state index contributed by atoms with van der Waals surface area (Å²) < 4.78 is 16.7. The van der Waals surface area contributed by atoms with E-state index in [9.17, 15) is 0 Å². The molecule has 0 bridgehead atoms. The van der Waals surface area contributed by atoms with Crippen molar-refractivity contribution in [1.82, 2.24) is 0 Å². The van der Waals surface area contributed by atoms with Crippen LogP contribution in [-0.4, -0.2) is 12.2 Å². The molecule has 5 aliphatic rings. The second kappa shape index (κ2) is 5.83. The molecule has 27 aromatic rings. The van der Waals surface area contributed by atoms with Gasteiger partial charge >= 0.3 is 0 Å². The molecule has 0 amide bonds. The van der Waals surface area contributed by atoms with Gasteiger partial charge in [-0.25, -0.2) is 0 Å². The van der Waals surface area contributed by atoms with E-state index in [1.54, 1.807) is 280 Å². The standard InChI is InChI=1S/C66H14O2/c1-5(2)67-65-59-51-42-35-22-15-9-10-12-8-7-11(9)20(22)26-24-13(7)17-14(8)25-27-21(12)23-16(10)19-18(15)29-37-30(19)39-36(23)43-41(27)45-32(25)34-28(17)33-31(24)44(40(26)42)55(59)57-46(33)47(34)58-56(45)60-52(43)49(39)54-50(37)53(48(51)38(29)35)61(65)62(54)66(60,68-6(3)4)64(58)63(57)65/h5-6H,1-4H3/t65-,66+. The average molecular weight is 839 g/mol. The van der Waals surface area contributed by atoms with Crippen molar-refractivity contribution in [2.45, 2.75) is 51.1 Å². The van der Waals surface area contributed by atoms with Gasteiger partial charge in [0.05, 0.1) is 12.2 Å². The Morgan fingerprint density at radius 2 is 0.265 bits per heavy atom. The first kappa shape index (κ1) is 26.1. The molecule has 0 fully saturated rings. The molecule has 32 rings (SSSR count). The Morgan fingerprint density at radius 1 is 0.162 bits per heavy atom. The third kappa shape index (κ3) is 1.37. The second-order valence-electron chi connectivity index (χ2n) is 25.4. The molecule has 0 unspecified atom stereocenters. The molecule has 0 heterocycles. The van der Waals surface area contributed by atoms with Crippen LogP contribution in [0.4, 0.5) is 0 Å². The van der Waals surface area contributed by atoms with Gasteiger partial charge in [-0.2, -0.15) is 0 Å². The maximum absolute atomic E-state index is 8.35. The van der Waals surface area contributed by atoms with Gasteiger partial charge in [0.15, 0.2) is 0 Å². The van der Waals surface area contributed by atoms with E-state index in [4.69, 9.17) is 9.47 Å². The lowest BCUT2D eigenvalue weighted by Crippen LogP contribution is -2.47. The highest BCUT2D eigenvalue weighted by atomic mass is 16.5. The Kier molecular flexibility index (Phi) is 2.23. The third-order valence-electron chi connectivity index (χ3n) is 23.9. The molecule has 0 N–H and O–H groups in total. The van der Waals surface area contributed by atoms with E-state index >= 15 is 0 Å².